The molecule has 0 aromatic carbocycles. The van der Waals surface area contributed by atoms with Gasteiger partial charge in [-0.1, -0.05) is 12.8 Å². The molecular weight excluding hydrogens is 298 g/mol. The van der Waals surface area contributed by atoms with Gasteiger partial charge in [0.15, 0.2) is 0 Å². The maximum Gasteiger partial charge on any atom is 0.149 e. The van der Waals surface area contributed by atoms with Gasteiger partial charge in [-0.3, -0.25) is 9.69 Å². The van der Waals surface area contributed by atoms with Crippen LogP contribution < -0.4 is 0 Å². The lowest BCUT2D eigenvalue weighted by molar-refractivity contribution is -0.123. The highest BCUT2D eigenvalue weighted by molar-refractivity contribution is 9.11. The Kier molecular flexibility index (Phi) is 4.77. The minimum absolute atomic E-state index is 0.135. The maximum absolute atomic E-state index is 12.0. The summed E-state index contributed by atoms with van der Waals surface area (Å²) in [5.41, 5.74) is 1.29. The van der Waals surface area contributed by atoms with Crippen LogP contribution in [0.1, 0.15) is 37.7 Å². The minimum atomic E-state index is 0.135. The van der Waals surface area contributed by atoms with Crippen LogP contribution in [0.5, 0.6) is 0 Å². The van der Waals surface area contributed by atoms with E-state index in [0.29, 0.717) is 5.78 Å². The molecule has 0 radical (unpaired) electrons. The second-order valence-electron chi connectivity index (χ2n) is 4.76. The van der Waals surface area contributed by atoms with Crippen molar-refractivity contribution in [3.05, 3.63) is 20.8 Å². The van der Waals surface area contributed by atoms with Crippen LogP contribution in [0.3, 0.4) is 0 Å². The molecule has 4 heteroatoms. The van der Waals surface area contributed by atoms with Crippen molar-refractivity contribution in [3.8, 4) is 0 Å². The van der Waals surface area contributed by atoms with E-state index < -0.39 is 0 Å². The molecule has 2 rings (SSSR count). The lowest BCUT2D eigenvalue weighted by Gasteiger charge is -2.25. The summed E-state index contributed by atoms with van der Waals surface area (Å²) in [6.07, 6.45) is 5.27. The van der Waals surface area contributed by atoms with Gasteiger partial charge in [-0.25, -0.2) is 0 Å². The van der Waals surface area contributed by atoms with Gasteiger partial charge < -0.3 is 0 Å². The zero-order chi connectivity index (χ0) is 12.3. The van der Waals surface area contributed by atoms with Gasteiger partial charge in [-0.2, -0.15) is 0 Å². The number of ketones is 1. The summed E-state index contributed by atoms with van der Waals surface area (Å²) in [5, 5.41) is 2.15. The molecule has 1 saturated carbocycles. The van der Waals surface area contributed by atoms with Crippen molar-refractivity contribution in [2.24, 2.45) is 0 Å². The molecule has 1 aliphatic carbocycles. The van der Waals surface area contributed by atoms with E-state index in [4.69, 9.17) is 0 Å². The van der Waals surface area contributed by atoms with E-state index in [-0.39, 0.29) is 6.04 Å². The molecule has 0 bridgehead atoms. The third kappa shape index (κ3) is 3.63. The molecule has 2 nitrogen and oxygen atoms in total. The third-order valence-electron chi connectivity index (χ3n) is 3.36. The number of hydrogen-bond acceptors (Lipinski definition) is 3. The average molecular weight is 316 g/mol. The number of likely N-dealkylation sites (N-methyl/N-ethyl adjacent to an activating group) is 1. The summed E-state index contributed by atoms with van der Waals surface area (Å²) in [7, 11) is 2.07. The second-order valence-corrected chi connectivity index (χ2v) is 7.05. The van der Waals surface area contributed by atoms with Crippen molar-refractivity contribution in [1.82, 2.24) is 4.90 Å². The topological polar surface area (TPSA) is 20.3 Å². The van der Waals surface area contributed by atoms with Crippen LogP contribution in [0.15, 0.2) is 15.2 Å². The molecule has 1 unspecified atom stereocenters. The molecule has 1 fully saturated rings. The van der Waals surface area contributed by atoms with Crippen LogP contribution >= 0.6 is 27.3 Å². The largest absolute Gasteiger partial charge is 0.298 e. The van der Waals surface area contributed by atoms with E-state index in [1.165, 1.54) is 18.4 Å². The summed E-state index contributed by atoms with van der Waals surface area (Å²) in [6, 6.07) is 2.28. The standard InChI is InChI=1S/C13H18BrNOS/c1-15(8-10-7-13(14)17-9-10)11-5-3-2-4-6-12(11)16/h7,9,11H,2-6,8H2,1H3. The molecular formula is C13H18BrNOS. The molecule has 0 amide bonds. The van der Waals surface area contributed by atoms with Gasteiger partial charge in [0.25, 0.3) is 0 Å². The first-order valence-electron chi connectivity index (χ1n) is 6.12. The number of nitrogens with zero attached hydrogens (tertiary/aromatic N) is 1. The van der Waals surface area contributed by atoms with E-state index in [2.05, 4.69) is 39.3 Å². The van der Waals surface area contributed by atoms with Crippen LogP contribution in [0.25, 0.3) is 0 Å². The van der Waals surface area contributed by atoms with Crippen LogP contribution in [-0.2, 0) is 11.3 Å². The number of rotatable bonds is 3. The van der Waals surface area contributed by atoms with E-state index in [1.807, 2.05) is 0 Å². The van der Waals surface area contributed by atoms with Gasteiger partial charge >= 0.3 is 0 Å². The number of halogens is 1. The Morgan fingerprint density at radius 1 is 1.47 bits per heavy atom. The van der Waals surface area contributed by atoms with Crippen molar-refractivity contribution in [2.45, 2.75) is 44.7 Å². The summed E-state index contributed by atoms with van der Waals surface area (Å²) in [6.45, 7) is 0.874. The zero-order valence-corrected chi connectivity index (χ0v) is 12.5. The summed E-state index contributed by atoms with van der Waals surface area (Å²) in [4.78, 5) is 14.2. The molecule has 1 aromatic heterocycles. The van der Waals surface area contributed by atoms with Gasteiger partial charge in [-0.15, -0.1) is 11.3 Å². The van der Waals surface area contributed by atoms with Gasteiger partial charge in [0.05, 0.1) is 9.83 Å². The Morgan fingerprint density at radius 2 is 2.29 bits per heavy atom. The molecule has 17 heavy (non-hydrogen) atoms. The molecule has 1 atom stereocenters. The summed E-state index contributed by atoms with van der Waals surface area (Å²) in [5.74, 6) is 0.430. The predicted molar refractivity (Wildman–Crippen MR) is 75.4 cm³/mol. The highest BCUT2D eigenvalue weighted by atomic mass is 79.9. The second kappa shape index (κ2) is 6.12. The van der Waals surface area contributed by atoms with Crippen LogP contribution in [0.4, 0.5) is 0 Å². The fourth-order valence-corrected chi connectivity index (χ4v) is 3.63. The quantitative estimate of drug-likeness (QED) is 0.790. The normalized spacial score (nSPS) is 21.8. The van der Waals surface area contributed by atoms with E-state index >= 15 is 0 Å². The van der Waals surface area contributed by atoms with Crippen LogP contribution in [-0.4, -0.2) is 23.8 Å². The Balaban J connectivity index is 1.98. The molecule has 0 saturated heterocycles. The lowest BCUT2D eigenvalue weighted by atomic mass is 10.1. The fraction of sp³-hybridized carbons (Fsp3) is 0.615. The predicted octanol–water partition coefficient (Wildman–Crippen LogP) is 3.84. The van der Waals surface area contributed by atoms with Crippen molar-refractivity contribution in [3.63, 3.8) is 0 Å². The van der Waals surface area contributed by atoms with E-state index in [1.54, 1.807) is 11.3 Å². The monoisotopic (exact) mass is 315 g/mol. The number of carbonyl (C=O) groups is 1. The summed E-state index contributed by atoms with van der Waals surface area (Å²) < 4.78 is 1.16. The molecule has 0 spiro atoms. The number of carbonyl (C=O) groups excluding carboxylic acids is 1. The smallest absolute Gasteiger partial charge is 0.149 e. The van der Waals surface area contributed by atoms with Gasteiger partial charge in [0.1, 0.15) is 5.78 Å². The Labute approximate surface area is 115 Å². The molecule has 0 N–H and O–H groups in total. The average Bonchev–Trinajstić information content (AvgIpc) is 2.57. The van der Waals surface area contributed by atoms with E-state index in [9.17, 15) is 4.79 Å². The molecule has 1 heterocycles. The van der Waals surface area contributed by atoms with Crippen LogP contribution in [0.2, 0.25) is 0 Å². The molecule has 0 aliphatic heterocycles. The van der Waals surface area contributed by atoms with Gasteiger partial charge in [-0.05, 0) is 52.8 Å². The highest BCUT2D eigenvalue weighted by Gasteiger charge is 2.24. The number of thiophene rings is 1. The third-order valence-corrected chi connectivity index (χ3v) is 4.91. The Morgan fingerprint density at radius 3 is 3.00 bits per heavy atom. The Bertz CT molecular complexity index is 391. The number of Topliss-reactive ketones (excluding diaryl/α,β-unsaturated/α-hetero) is 1. The Hall–Kier alpha value is -0.190. The molecule has 94 valence electrons. The highest BCUT2D eigenvalue weighted by Crippen LogP contribution is 2.24. The van der Waals surface area contributed by atoms with Gasteiger partial charge in [0.2, 0.25) is 0 Å². The SMILES string of the molecule is CN(Cc1csc(Br)c1)C1CCCCCC1=O. The number of hydrogen-bond donors (Lipinski definition) is 0. The van der Waals surface area contributed by atoms with Crippen molar-refractivity contribution in [2.75, 3.05) is 7.05 Å². The van der Waals surface area contributed by atoms with Crippen molar-refractivity contribution >= 4 is 33.0 Å². The van der Waals surface area contributed by atoms with Crippen LogP contribution in [0, 0.1) is 0 Å². The summed E-state index contributed by atoms with van der Waals surface area (Å²) >= 11 is 5.18. The molecule has 1 aromatic rings. The lowest BCUT2D eigenvalue weighted by Crippen LogP contribution is -2.37. The first-order valence-corrected chi connectivity index (χ1v) is 7.80. The van der Waals surface area contributed by atoms with Crippen molar-refractivity contribution < 1.29 is 4.79 Å². The first kappa shape index (κ1) is 13.2. The van der Waals surface area contributed by atoms with Gasteiger partial charge in [0, 0.05) is 13.0 Å². The minimum Gasteiger partial charge on any atom is -0.298 e. The van der Waals surface area contributed by atoms with Crippen molar-refractivity contribution in [1.29, 1.82) is 0 Å². The molecule has 1 aliphatic rings. The maximum atomic E-state index is 12.0. The fourth-order valence-electron chi connectivity index (χ4n) is 2.43. The van der Waals surface area contributed by atoms with E-state index in [0.717, 1.165) is 29.6 Å². The zero-order valence-electron chi connectivity index (χ0n) is 10.1. The first-order chi connectivity index (χ1) is 8.16.